The normalized spacial score (nSPS) is 16.6. The van der Waals surface area contributed by atoms with Crippen molar-refractivity contribution in [3.05, 3.63) is 70.0 Å². The molecule has 5 nitrogen and oxygen atoms in total. The summed E-state index contributed by atoms with van der Waals surface area (Å²) in [5.74, 6) is 1.44. The Bertz CT molecular complexity index is 971. The second-order valence-electron chi connectivity index (χ2n) is 7.47. The van der Waals surface area contributed by atoms with E-state index in [1.54, 1.807) is 13.2 Å². The SMILES string of the molecule is COc1cc(/C=C2\CCCN(C(CCON)c3cc(F)c(F)c(F)c3)C2=O)ccc1C. The van der Waals surface area contributed by atoms with Crippen LogP contribution in [0.5, 0.6) is 5.75 Å². The van der Waals surface area contributed by atoms with Crippen LogP contribution in [0.4, 0.5) is 13.2 Å². The molecule has 1 aliphatic heterocycles. The molecule has 1 heterocycles. The molecule has 0 spiro atoms. The van der Waals surface area contributed by atoms with Crippen molar-refractivity contribution in [1.82, 2.24) is 4.90 Å². The van der Waals surface area contributed by atoms with Crippen LogP contribution in [0.3, 0.4) is 0 Å². The Morgan fingerprint density at radius 1 is 1.19 bits per heavy atom. The Balaban J connectivity index is 1.94. The Hall–Kier alpha value is -2.84. The minimum Gasteiger partial charge on any atom is -0.496 e. The summed E-state index contributed by atoms with van der Waals surface area (Å²) < 4.78 is 46.5. The van der Waals surface area contributed by atoms with Gasteiger partial charge in [-0.3, -0.25) is 4.79 Å². The molecule has 8 heteroatoms. The van der Waals surface area contributed by atoms with Gasteiger partial charge in [-0.15, -0.1) is 0 Å². The molecule has 0 saturated carbocycles. The molecule has 1 atom stereocenters. The molecule has 1 amide bonds. The number of benzene rings is 2. The number of halogens is 3. The van der Waals surface area contributed by atoms with E-state index < -0.39 is 23.5 Å². The van der Waals surface area contributed by atoms with E-state index in [1.807, 2.05) is 25.1 Å². The summed E-state index contributed by atoms with van der Waals surface area (Å²) >= 11 is 0. The second-order valence-corrected chi connectivity index (χ2v) is 7.47. The van der Waals surface area contributed by atoms with Gasteiger partial charge in [0.15, 0.2) is 17.5 Å². The van der Waals surface area contributed by atoms with Crippen molar-refractivity contribution in [3.63, 3.8) is 0 Å². The fraction of sp³-hybridized carbons (Fsp3) is 0.348. The summed E-state index contributed by atoms with van der Waals surface area (Å²) in [6.45, 7) is 2.38. The third-order valence-electron chi connectivity index (χ3n) is 5.43. The van der Waals surface area contributed by atoms with E-state index in [0.717, 1.165) is 23.3 Å². The van der Waals surface area contributed by atoms with E-state index in [-0.39, 0.29) is 24.5 Å². The number of likely N-dealkylation sites (tertiary alicyclic amines) is 1. The summed E-state index contributed by atoms with van der Waals surface area (Å²) in [5.41, 5.74) is 2.51. The monoisotopic (exact) mass is 434 g/mol. The van der Waals surface area contributed by atoms with Gasteiger partial charge in [0.1, 0.15) is 5.75 Å². The first-order valence-corrected chi connectivity index (χ1v) is 9.98. The number of piperidine rings is 1. The Kier molecular flexibility index (Phi) is 7.35. The molecule has 3 rings (SSSR count). The highest BCUT2D eigenvalue weighted by Crippen LogP contribution is 2.33. The third kappa shape index (κ3) is 5.08. The molecule has 0 bridgehead atoms. The summed E-state index contributed by atoms with van der Waals surface area (Å²) in [5, 5.41) is 0. The van der Waals surface area contributed by atoms with E-state index in [0.29, 0.717) is 30.7 Å². The highest BCUT2D eigenvalue weighted by atomic mass is 19.2. The van der Waals surface area contributed by atoms with Crippen LogP contribution in [0.2, 0.25) is 0 Å². The standard InChI is InChI=1S/C23H25F3N2O3/c1-14-5-6-15(11-21(14)30-2)10-16-4-3-8-28(23(16)29)20(7-9-31-27)17-12-18(24)22(26)19(25)13-17/h5-6,10-13,20H,3-4,7-9,27H2,1-2H3/b16-10+. The molecule has 0 aliphatic carbocycles. The fourth-order valence-electron chi connectivity index (χ4n) is 3.84. The van der Waals surface area contributed by atoms with Gasteiger partial charge < -0.3 is 14.5 Å². The molecular formula is C23H25F3N2O3. The summed E-state index contributed by atoms with van der Waals surface area (Å²) in [6, 6.07) is 6.75. The molecule has 2 aromatic rings. The van der Waals surface area contributed by atoms with Crippen LogP contribution in [0.15, 0.2) is 35.9 Å². The maximum Gasteiger partial charge on any atom is 0.250 e. The van der Waals surface area contributed by atoms with Gasteiger partial charge >= 0.3 is 0 Å². The van der Waals surface area contributed by atoms with Crippen LogP contribution in [-0.2, 0) is 9.63 Å². The van der Waals surface area contributed by atoms with Crippen LogP contribution < -0.4 is 10.6 Å². The highest BCUT2D eigenvalue weighted by Gasteiger charge is 2.31. The zero-order valence-electron chi connectivity index (χ0n) is 17.5. The van der Waals surface area contributed by atoms with Gasteiger partial charge in [0, 0.05) is 12.1 Å². The van der Waals surface area contributed by atoms with Crippen molar-refractivity contribution in [2.24, 2.45) is 5.90 Å². The second kappa shape index (κ2) is 9.98. The molecule has 1 unspecified atom stereocenters. The van der Waals surface area contributed by atoms with Gasteiger partial charge in [0.2, 0.25) is 5.91 Å². The quantitative estimate of drug-likeness (QED) is 0.397. The van der Waals surface area contributed by atoms with Crippen LogP contribution in [-0.4, -0.2) is 31.1 Å². The van der Waals surface area contributed by atoms with Crippen molar-refractivity contribution < 1.29 is 27.5 Å². The van der Waals surface area contributed by atoms with Crippen LogP contribution in [0.25, 0.3) is 6.08 Å². The van der Waals surface area contributed by atoms with E-state index in [4.69, 9.17) is 10.6 Å². The van der Waals surface area contributed by atoms with Crippen LogP contribution in [0, 0.1) is 24.4 Å². The molecule has 31 heavy (non-hydrogen) atoms. The van der Waals surface area contributed by atoms with Crippen molar-refractivity contribution >= 4 is 12.0 Å². The first-order chi connectivity index (χ1) is 14.8. The minimum absolute atomic E-state index is 0.0588. The zero-order chi connectivity index (χ0) is 22.5. The predicted molar refractivity (Wildman–Crippen MR) is 110 cm³/mol. The number of amides is 1. The van der Waals surface area contributed by atoms with E-state index in [9.17, 15) is 18.0 Å². The number of nitrogens with two attached hydrogens (primary N) is 1. The number of ether oxygens (including phenoxy) is 1. The molecular weight excluding hydrogens is 409 g/mol. The average Bonchev–Trinajstić information content (AvgIpc) is 2.75. The first-order valence-electron chi connectivity index (χ1n) is 9.98. The van der Waals surface area contributed by atoms with Gasteiger partial charge in [-0.2, -0.15) is 0 Å². The van der Waals surface area contributed by atoms with Gasteiger partial charge in [0.25, 0.3) is 0 Å². The molecule has 166 valence electrons. The Labute approximate surface area is 179 Å². The average molecular weight is 434 g/mol. The van der Waals surface area contributed by atoms with Crippen molar-refractivity contribution in [1.29, 1.82) is 0 Å². The molecule has 2 aromatic carbocycles. The summed E-state index contributed by atoms with van der Waals surface area (Å²) in [6.07, 6.45) is 3.24. The van der Waals surface area contributed by atoms with E-state index in [1.165, 1.54) is 4.90 Å². The third-order valence-corrected chi connectivity index (χ3v) is 5.43. The molecule has 0 aromatic heterocycles. The summed E-state index contributed by atoms with van der Waals surface area (Å²) in [7, 11) is 1.58. The first kappa shape index (κ1) is 22.8. The minimum atomic E-state index is -1.54. The number of methoxy groups -OCH3 is 1. The number of nitrogens with zero attached hydrogens (tertiary/aromatic N) is 1. The summed E-state index contributed by atoms with van der Waals surface area (Å²) in [4.78, 5) is 19.4. The fourth-order valence-corrected chi connectivity index (χ4v) is 3.84. The van der Waals surface area contributed by atoms with Crippen molar-refractivity contribution in [2.45, 2.75) is 32.2 Å². The zero-order valence-corrected chi connectivity index (χ0v) is 17.5. The molecule has 1 aliphatic rings. The number of aryl methyl sites for hydroxylation is 1. The largest absolute Gasteiger partial charge is 0.496 e. The predicted octanol–water partition coefficient (Wildman–Crippen LogP) is 4.45. The van der Waals surface area contributed by atoms with Gasteiger partial charge in [0.05, 0.1) is 19.8 Å². The smallest absolute Gasteiger partial charge is 0.250 e. The lowest BCUT2D eigenvalue weighted by atomic mass is 9.95. The number of hydrogen-bond acceptors (Lipinski definition) is 4. The molecule has 1 fully saturated rings. The van der Waals surface area contributed by atoms with Crippen LogP contribution in [0.1, 0.15) is 42.0 Å². The maximum atomic E-state index is 13.9. The number of rotatable bonds is 7. The number of carbonyl (C=O) groups is 1. The lowest BCUT2D eigenvalue weighted by Gasteiger charge is -2.36. The maximum absolute atomic E-state index is 13.9. The Morgan fingerprint density at radius 2 is 1.90 bits per heavy atom. The molecule has 1 saturated heterocycles. The van der Waals surface area contributed by atoms with Crippen molar-refractivity contribution in [3.8, 4) is 5.75 Å². The number of carbonyl (C=O) groups excluding carboxylic acids is 1. The lowest BCUT2D eigenvalue weighted by Crippen LogP contribution is -2.40. The molecule has 2 N–H and O–H groups in total. The molecule has 0 radical (unpaired) electrons. The lowest BCUT2D eigenvalue weighted by molar-refractivity contribution is -0.131. The Morgan fingerprint density at radius 3 is 2.55 bits per heavy atom. The number of hydrogen-bond donors (Lipinski definition) is 1. The van der Waals surface area contributed by atoms with Gasteiger partial charge in [-0.05, 0) is 67.2 Å². The topological polar surface area (TPSA) is 64.8 Å². The van der Waals surface area contributed by atoms with E-state index in [2.05, 4.69) is 4.84 Å². The van der Waals surface area contributed by atoms with Crippen LogP contribution >= 0.6 is 0 Å². The highest BCUT2D eigenvalue weighted by molar-refractivity contribution is 5.98. The van der Waals surface area contributed by atoms with Crippen molar-refractivity contribution in [2.75, 3.05) is 20.3 Å². The van der Waals surface area contributed by atoms with E-state index >= 15 is 0 Å². The van der Waals surface area contributed by atoms with Gasteiger partial charge in [-0.25, -0.2) is 19.1 Å². The van der Waals surface area contributed by atoms with Gasteiger partial charge in [-0.1, -0.05) is 12.1 Å².